The number of esters is 1. The molecule has 3 rings (SSSR count). The highest BCUT2D eigenvalue weighted by molar-refractivity contribution is 8.18. The van der Waals surface area contributed by atoms with E-state index in [9.17, 15) is 14.4 Å². The summed E-state index contributed by atoms with van der Waals surface area (Å²) in [4.78, 5) is 41.6. The molecule has 2 amide bonds. The van der Waals surface area contributed by atoms with E-state index in [1.54, 1.807) is 30.3 Å². The number of primary amides is 1. The van der Waals surface area contributed by atoms with Crippen molar-refractivity contribution in [1.29, 1.82) is 0 Å². The number of piperidine rings is 1. The van der Waals surface area contributed by atoms with Gasteiger partial charge in [0.05, 0.1) is 17.6 Å². The SMILES string of the molecule is COC(=O)c1ccc(/C=C2\SC(N3CCC(C(N)=O)CC3)=NC2=O)cc1. The van der Waals surface area contributed by atoms with E-state index in [-0.39, 0.29) is 17.7 Å². The molecule has 1 aromatic carbocycles. The van der Waals surface area contributed by atoms with Gasteiger partial charge in [-0.15, -0.1) is 0 Å². The van der Waals surface area contributed by atoms with Crippen molar-refractivity contribution >= 4 is 40.8 Å². The zero-order valence-electron chi connectivity index (χ0n) is 14.3. The van der Waals surface area contributed by atoms with E-state index < -0.39 is 5.97 Å². The van der Waals surface area contributed by atoms with Crippen molar-refractivity contribution in [2.75, 3.05) is 20.2 Å². The molecule has 2 N–H and O–H groups in total. The monoisotopic (exact) mass is 373 g/mol. The summed E-state index contributed by atoms with van der Waals surface area (Å²) < 4.78 is 4.66. The van der Waals surface area contributed by atoms with Gasteiger partial charge in [-0.3, -0.25) is 9.59 Å². The van der Waals surface area contributed by atoms with Crippen LogP contribution in [-0.2, 0) is 14.3 Å². The van der Waals surface area contributed by atoms with E-state index in [2.05, 4.69) is 9.73 Å². The lowest BCUT2D eigenvalue weighted by Gasteiger charge is -2.31. The quantitative estimate of drug-likeness (QED) is 0.638. The largest absolute Gasteiger partial charge is 0.465 e. The maximum absolute atomic E-state index is 12.2. The number of likely N-dealkylation sites (tertiary alicyclic amines) is 1. The highest BCUT2D eigenvalue weighted by Crippen LogP contribution is 2.32. The minimum absolute atomic E-state index is 0.0997. The van der Waals surface area contributed by atoms with Gasteiger partial charge >= 0.3 is 5.97 Å². The third-order valence-corrected chi connectivity index (χ3v) is 5.45. The predicted octanol–water partition coefficient (Wildman–Crippen LogP) is 1.64. The number of aliphatic imine (C=N–C) groups is 1. The van der Waals surface area contributed by atoms with Crippen LogP contribution in [0, 0.1) is 5.92 Å². The number of carbonyl (C=O) groups excluding carboxylic acids is 3. The van der Waals surface area contributed by atoms with Gasteiger partial charge in [0.15, 0.2) is 5.17 Å². The van der Waals surface area contributed by atoms with Crippen LogP contribution in [0.25, 0.3) is 6.08 Å². The molecule has 0 aromatic heterocycles. The van der Waals surface area contributed by atoms with Crippen molar-refractivity contribution < 1.29 is 19.1 Å². The Morgan fingerprint density at radius 1 is 1.27 bits per heavy atom. The first-order valence-electron chi connectivity index (χ1n) is 8.23. The van der Waals surface area contributed by atoms with Crippen molar-refractivity contribution in [3.8, 4) is 0 Å². The third kappa shape index (κ3) is 3.96. The number of amides is 2. The number of hydrogen-bond acceptors (Lipinski definition) is 6. The summed E-state index contributed by atoms with van der Waals surface area (Å²) in [6.45, 7) is 1.32. The molecule has 0 spiro atoms. The molecule has 0 bridgehead atoms. The first-order valence-corrected chi connectivity index (χ1v) is 9.05. The summed E-state index contributed by atoms with van der Waals surface area (Å²) in [5.74, 6) is -1.05. The van der Waals surface area contributed by atoms with Gasteiger partial charge in [-0.25, -0.2) is 4.79 Å². The molecular weight excluding hydrogens is 354 g/mol. The van der Waals surface area contributed by atoms with Gasteiger partial charge in [0.25, 0.3) is 5.91 Å². The summed E-state index contributed by atoms with van der Waals surface area (Å²) in [6, 6.07) is 6.81. The van der Waals surface area contributed by atoms with Crippen LogP contribution in [0.4, 0.5) is 0 Å². The summed E-state index contributed by atoms with van der Waals surface area (Å²) in [5.41, 5.74) is 6.61. The van der Waals surface area contributed by atoms with Crippen LogP contribution in [0.5, 0.6) is 0 Å². The Bertz CT molecular complexity index is 793. The second-order valence-corrected chi connectivity index (χ2v) is 7.10. The molecule has 7 nitrogen and oxygen atoms in total. The van der Waals surface area contributed by atoms with Gasteiger partial charge in [0.1, 0.15) is 0 Å². The molecule has 8 heteroatoms. The van der Waals surface area contributed by atoms with Crippen molar-refractivity contribution in [1.82, 2.24) is 4.90 Å². The van der Waals surface area contributed by atoms with Gasteiger partial charge in [0.2, 0.25) is 5.91 Å². The van der Waals surface area contributed by atoms with E-state index in [1.807, 2.05) is 4.90 Å². The highest BCUT2D eigenvalue weighted by atomic mass is 32.2. The molecule has 2 aliphatic heterocycles. The molecular formula is C18H19N3O4S. The number of methoxy groups -OCH3 is 1. The van der Waals surface area contributed by atoms with Crippen LogP contribution in [0.15, 0.2) is 34.2 Å². The summed E-state index contributed by atoms with van der Waals surface area (Å²) in [5, 5.41) is 0.662. The Labute approximate surface area is 155 Å². The average Bonchev–Trinajstić information content (AvgIpc) is 3.02. The summed E-state index contributed by atoms with van der Waals surface area (Å²) in [7, 11) is 1.33. The number of amidine groups is 1. The fourth-order valence-electron chi connectivity index (χ4n) is 2.87. The molecule has 0 saturated carbocycles. The predicted molar refractivity (Wildman–Crippen MR) is 99.3 cm³/mol. The molecule has 0 atom stereocenters. The van der Waals surface area contributed by atoms with Crippen molar-refractivity contribution in [2.24, 2.45) is 16.6 Å². The number of rotatable bonds is 3. The molecule has 136 valence electrons. The maximum Gasteiger partial charge on any atom is 0.337 e. The Morgan fingerprint density at radius 2 is 1.92 bits per heavy atom. The zero-order chi connectivity index (χ0) is 18.7. The summed E-state index contributed by atoms with van der Waals surface area (Å²) >= 11 is 1.32. The van der Waals surface area contributed by atoms with Crippen LogP contribution in [0.3, 0.4) is 0 Å². The Hall–Kier alpha value is -2.61. The molecule has 1 fully saturated rings. The number of nitrogens with two attached hydrogens (primary N) is 1. The first kappa shape index (κ1) is 18.2. The summed E-state index contributed by atoms with van der Waals surface area (Å²) in [6.07, 6.45) is 3.11. The number of carbonyl (C=O) groups is 3. The smallest absolute Gasteiger partial charge is 0.337 e. The van der Waals surface area contributed by atoms with Gasteiger partial charge in [-0.05, 0) is 48.4 Å². The van der Waals surface area contributed by atoms with Crippen LogP contribution in [0.2, 0.25) is 0 Å². The number of benzene rings is 1. The number of nitrogens with zero attached hydrogens (tertiary/aromatic N) is 2. The Morgan fingerprint density at radius 3 is 2.50 bits per heavy atom. The van der Waals surface area contributed by atoms with Crippen LogP contribution in [-0.4, -0.2) is 48.1 Å². The van der Waals surface area contributed by atoms with Crippen molar-refractivity contribution in [2.45, 2.75) is 12.8 Å². The van der Waals surface area contributed by atoms with Crippen LogP contribution < -0.4 is 5.73 Å². The number of hydrogen-bond donors (Lipinski definition) is 1. The molecule has 1 aromatic rings. The number of ether oxygens (including phenoxy) is 1. The molecule has 0 unspecified atom stereocenters. The molecule has 2 heterocycles. The fraction of sp³-hybridized carbons (Fsp3) is 0.333. The lowest BCUT2D eigenvalue weighted by molar-refractivity contribution is -0.123. The first-order chi connectivity index (χ1) is 12.5. The van der Waals surface area contributed by atoms with Gasteiger partial charge < -0.3 is 15.4 Å². The highest BCUT2D eigenvalue weighted by Gasteiger charge is 2.30. The topological polar surface area (TPSA) is 102 Å². The van der Waals surface area contributed by atoms with Crippen molar-refractivity contribution in [3.63, 3.8) is 0 Å². The Kier molecular flexibility index (Phi) is 5.41. The second kappa shape index (κ2) is 7.74. The zero-order valence-corrected chi connectivity index (χ0v) is 15.1. The normalized spacial score (nSPS) is 19.6. The van der Waals surface area contributed by atoms with Crippen LogP contribution in [0.1, 0.15) is 28.8 Å². The van der Waals surface area contributed by atoms with Crippen LogP contribution >= 0.6 is 11.8 Å². The molecule has 1 saturated heterocycles. The van der Waals surface area contributed by atoms with Crippen molar-refractivity contribution in [3.05, 3.63) is 40.3 Å². The lowest BCUT2D eigenvalue weighted by Crippen LogP contribution is -2.40. The molecule has 2 aliphatic rings. The average molecular weight is 373 g/mol. The standard InChI is InChI=1S/C18H19N3O4S/c1-25-17(24)13-4-2-11(3-5-13)10-14-16(23)20-18(26-14)21-8-6-12(7-9-21)15(19)22/h2-5,10,12H,6-9H2,1H3,(H2,19,22)/b14-10-. The minimum atomic E-state index is -0.402. The second-order valence-electron chi connectivity index (χ2n) is 6.09. The maximum atomic E-state index is 12.2. The van der Waals surface area contributed by atoms with E-state index in [1.165, 1.54) is 18.9 Å². The van der Waals surface area contributed by atoms with Gasteiger partial charge in [-0.2, -0.15) is 4.99 Å². The Balaban J connectivity index is 1.65. The minimum Gasteiger partial charge on any atom is -0.465 e. The van der Waals surface area contributed by atoms with E-state index in [0.29, 0.717) is 41.6 Å². The molecule has 0 aliphatic carbocycles. The number of thioether (sulfide) groups is 1. The third-order valence-electron chi connectivity index (χ3n) is 4.41. The van der Waals surface area contributed by atoms with Gasteiger partial charge in [-0.1, -0.05) is 12.1 Å². The van der Waals surface area contributed by atoms with Gasteiger partial charge in [0, 0.05) is 19.0 Å². The molecule has 26 heavy (non-hydrogen) atoms. The lowest BCUT2D eigenvalue weighted by atomic mass is 9.97. The van der Waals surface area contributed by atoms with E-state index >= 15 is 0 Å². The van der Waals surface area contributed by atoms with E-state index in [0.717, 1.165) is 5.56 Å². The fourth-order valence-corrected chi connectivity index (χ4v) is 3.84. The molecule has 0 radical (unpaired) electrons. The van der Waals surface area contributed by atoms with E-state index in [4.69, 9.17) is 5.73 Å².